The fourth-order valence-electron chi connectivity index (χ4n) is 2.49. The van der Waals surface area contributed by atoms with Gasteiger partial charge in [0.2, 0.25) is 11.8 Å². The average molecular weight is 377 g/mol. The van der Waals surface area contributed by atoms with Crippen molar-refractivity contribution in [2.45, 2.75) is 23.8 Å². The molecule has 2 aromatic carbocycles. The van der Waals surface area contributed by atoms with Gasteiger partial charge in [-0.2, -0.15) is 0 Å². The third-order valence-electron chi connectivity index (χ3n) is 3.84. The summed E-state index contributed by atoms with van der Waals surface area (Å²) >= 11 is 0. The molecule has 1 aliphatic heterocycles. The minimum Gasteiger partial charge on any atom is -0.344 e. The van der Waals surface area contributed by atoms with Crippen LogP contribution in [0.4, 0.5) is 15.8 Å². The third kappa shape index (κ3) is 4.17. The molecule has 7 nitrogen and oxygen atoms in total. The normalized spacial score (nSPS) is 16.8. The van der Waals surface area contributed by atoms with Crippen LogP contribution < -0.4 is 15.4 Å². The van der Waals surface area contributed by atoms with Crippen LogP contribution in [0.15, 0.2) is 53.4 Å². The average Bonchev–Trinajstić information content (AvgIpc) is 3.03. The molecule has 0 saturated carbocycles. The van der Waals surface area contributed by atoms with Crippen molar-refractivity contribution in [1.82, 2.24) is 5.32 Å². The van der Waals surface area contributed by atoms with Crippen molar-refractivity contribution in [3.05, 3.63) is 54.3 Å². The third-order valence-corrected chi connectivity index (χ3v) is 5.24. The van der Waals surface area contributed by atoms with Crippen molar-refractivity contribution in [1.29, 1.82) is 0 Å². The number of amides is 2. The van der Waals surface area contributed by atoms with Gasteiger partial charge in [-0.15, -0.1) is 0 Å². The van der Waals surface area contributed by atoms with E-state index in [2.05, 4.69) is 15.4 Å². The van der Waals surface area contributed by atoms with Gasteiger partial charge in [-0.1, -0.05) is 0 Å². The van der Waals surface area contributed by atoms with Crippen LogP contribution in [0.1, 0.15) is 12.8 Å². The molecule has 1 aliphatic rings. The summed E-state index contributed by atoms with van der Waals surface area (Å²) in [5.41, 5.74) is 0.766. The van der Waals surface area contributed by atoms with Crippen molar-refractivity contribution in [3.63, 3.8) is 0 Å². The van der Waals surface area contributed by atoms with Crippen molar-refractivity contribution < 1.29 is 22.4 Å². The number of benzene rings is 2. The lowest BCUT2D eigenvalue weighted by Gasteiger charge is -2.12. The van der Waals surface area contributed by atoms with E-state index in [1.807, 2.05) is 0 Å². The Kier molecular flexibility index (Phi) is 4.90. The maximum absolute atomic E-state index is 12.9. The monoisotopic (exact) mass is 377 g/mol. The van der Waals surface area contributed by atoms with Crippen molar-refractivity contribution in [2.24, 2.45) is 0 Å². The predicted octanol–water partition coefficient (Wildman–Crippen LogP) is 1.84. The Morgan fingerprint density at radius 2 is 1.65 bits per heavy atom. The zero-order chi connectivity index (χ0) is 18.7. The molecule has 1 unspecified atom stereocenters. The van der Waals surface area contributed by atoms with Crippen LogP contribution in [0.25, 0.3) is 0 Å². The van der Waals surface area contributed by atoms with E-state index in [4.69, 9.17) is 0 Å². The van der Waals surface area contributed by atoms with Gasteiger partial charge in [0, 0.05) is 17.8 Å². The molecule has 1 saturated heterocycles. The lowest BCUT2D eigenvalue weighted by molar-refractivity contribution is -0.122. The van der Waals surface area contributed by atoms with Gasteiger partial charge in [-0.25, -0.2) is 12.8 Å². The van der Waals surface area contributed by atoms with Gasteiger partial charge in [-0.05, 0) is 55.0 Å². The minimum atomic E-state index is -3.84. The molecule has 2 amide bonds. The summed E-state index contributed by atoms with van der Waals surface area (Å²) in [6, 6.07) is 9.97. The van der Waals surface area contributed by atoms with Gasteiger partial charge in [0.05, 0.1) is 4.90 Å². The Bertz CT molecular complexity index is 927. The Labute approximate surface area is 149 Å². The molecule has 0 bridgehead atoms. The van der Waals surface area contributed by atoms with Gasteiger partial charge < -0.3 is 10.6 Å². The number of hydrogen-bond acceptors (Lipinski definition) is 4. The maximum atomic E-state index is 12.9. The van der Waals surface area contributed by atoms with Gasteiger partial charge in [0.1, 0.15) is 11.9 Å². The zero-order valence-electron chi connectivity index (χ0n) is 13.5. The molecule has 1 fully saturated rings. The van der Waals surface area contributed by atoms with Crippen molar-refractivity contribution >= 4 is 33.2 Å². The molecule has 26 heavy (non-hydrogen) atoms. The van der Waals surface area contributed by atoms with Gasteiger partial charge in [-0.3, -0.25) is 14.3 Å². The van der Waals surface area contributed by atoms with Gasteiger partial charge in [0.25, 0.3) is 10.0 Å². The number of hydrogen-bond donors (Lipinski definition) is 3. The molecule has 0 spiro atoms. The molecule has 2 aromatic rings. The topological polar surface area (TPSA) is 104 Å². The Balaban J connectivity index is 1.65. The van der Waals surface area contributed by atoms with Crippen LogP contribution in [0.2, 0.25) is 0 Å². The first kappa shape index (κ1) is 17.9. The van der Waals surface area contributed by atoms with Crippen LogP contribution in [0.5, 0.6) is 0 Å². The maximum Gasteiger partial charge on any atom is 0.261 e. The summed E-state index contributed by atoms with van der Waals surface area (Å²) in [7, 11) is -3.84. The SMILES string of the molecule is O=C1CCC(C(=O)Nc2ccc(NS(=O)(=O)c3ccc(F)cc3)cc2)N1. The second-order valence-corrected chi connectivity index (χ2v) is 7.47. The molecule has 3 N–H and O–H groups in total. The highest BCUT2D eigenvalue weighted by atomic mass is 32.2. The Morgan fingerprint density at radius 3 is 2.23 bits per heavy atom. The van der Waals surface area contributed by atoms with Crippen molar-refractivity contribution in [2.75, 3.05) is 10.0 Å². The van der Waals surface area contributed by atoms with E-state index in [1.165, 1.54) is 36.4 Å². The number of halogens is 1. The van der Waals surface area contributed by atoms with Crippen LogP contribution >= 0.6 is 0 Å². The highest BCUT2D eigenvalue weighted by Crippen LogP contribution is 2.19. The molecule has 1 heterocycles. The molecule has 136 valence electrons. The number of carbonyl (C=O) groups excluding carboxylic acids is 2. The van der Waals surface area contributed by atoms with Crippen molar-refractivity contribution in [3.8, 4) is 0 Å². The molecule has 3 rings (SSSR count). The quantitative estimate of drug-likeness (QED) is 0.739. The minimum absolute atomic E-state index is 0.0618. The standard InChI is InChI=1S/C17H16FN3O4S/c18-11-1-7-14(8-2-11)26(24,25)21-13-5-3-12(4-6-13)19-17(23)15-9-10-16(22)20-15/h1-8,15,21H,9-10H2,(H,19,23)(H,20,22). The summed E-state index contributed by atoms with van der Waals surface area (Å²) in [6.07, 6.45) is 0.766. The molecule has 1 atom stereocenters. The first-order valence-corrected chi connectivity index (χ1v) is 9.30. The smallest absolute Gasteiger partial charge is 0.261 e. The van der Waals surface area contributed by atoms with E-state index in [1.54, 1.807) is 0 Å². The van der Waals surface area contributed by atoms with Gasteiger partial charge >= 0.3 is 0 Å². The zero-order valence-corrected chi connectivity index (χ0v) is 14.3. The fraction of sp³-hybridized carbons (Fsp3) is 0.176. The van der Waals surface area contributed by atoms with E-state index < -0.39 is 21.9 Å². The number of anilines is 2. The molecule has 9 heteroatoms. The van der Waals surface area contributed by atoms with Crippen LogP contribution in [0, 0.1) is 5.82 Å². The van der Waals surface area contributed by atoms with E-state index in [-0.39, 0.29) is 16.7 Å². The number of carbonyl (C=O) groups is 2. The first-order valence-electron chi connectivity index (χ1n) is 7.82. The highest BCUT2D eigenvalue weighted by Gasteiger charge is 2.27. The highest BCUT2D eigenvalue weighted by molar-refractivity contribution is 7.92. The summed E-state index contributed by atoms with van der Waals surface area (Å²) in [6.45, 7) is 0. The first-order chi connectivity index (χ1) is 12.3. The van der Waals surface area contributed by atoms with Crippen LogP contribution in [-0.2, 0) is 19.6 Å². The second-order valence-electron chi connectivity index (χ2n) is 5.78. The number of rotatable bonds is 5. The predicted molar refractivity (Wildman–Crippen MR) is 93.4 cm³/mol. The van der Waals surface area contributed by atoms with Gasteiger partial charge in [0.15, 0.2) is 0 Å². The molecule has 0 aromatic heterocycles. The largest absolute Gasteiger partial charge is 0.344 e. The van der Waals surface area contributed by atoms with Crippen LogP contribution in [-0.4, -0.2) is 26.3 Å². The fourth-order valence-corrected chi connectivity index (χ4v) is 3.55. The Hall–Kier alpha value is -2.94. The van der Waals surface area contributed by atoms with E-state index in [9.17, 15) is 22.4 Å². The lowest BCUT2D eigenvalue weighted by Crippen LogP contribution is -2.37. The summed E-state index contributed by atoms with van der Waals surface area (Å²) in [5.74, 6) is -1.01. The lowest BCUT2D eigenvalue weighted by atomic mass is 10.2. The number of sulfonamides is 1. The van der Waals surface area contributed by atoms with E-state index in [0.29, 0.717) is 24.2 Å². The molecular formula is C17H16FN3O4S. The summed E-state index contributed by atoms with van der Waals surface area (Å²) in [4.78, 5) is 23.1. The van der Waals surface area contributed by atoms with E-state index >= 15 is 0 Å². The summed E-state index contributed by atoms with van der Waals surface area (Å²) < 4.78 is 39.8. The second kappa shape index (κ2) is 7.12. The Morgan fingerprint density at radius 1 is 1.04 bits per heavy atom. The number of nitrogens with one attached hydrogen (secondary N) is 3. The molecule has 0 aliphatic carbocycles. The van der Waals surface area contributed by atoms with E-state index in [0.717, 1.165) is 12.1 Å². The molecular weight excluding hydrogens is 361 g/mol. The molecule has 0 radical (unpaired) electrons. The summed E-state index contributed by atoms with van der Waals surface area (Å²) in [5, 5.41) is 5.23. The van der Waals surface area contributed by atoms with Crippen LogP contribution in [0.3, 0.4) is 0 Å².